The molecule has 0 atom stereocenters. The normalized spacial score (nSPS) is 17.7. The number of ether oxygens (including phenoxy) is 2. The topological polar surface area (TPSA) is 105 Å². The van der Waals surface area contributed by atoms with E-state index >= 15 is 0 Å². The van der Waals surface area contributed by atoms with E-state index in [1.54, 1.807) is 30.3 Å². The van der Waals surface area contributed by atoms with Crippen molar-refractivity contribution in [1.82, 2.24) is 0 Å². The van der Waals surface area contributed by atoms with Gasteiger partial charge in [0.2, 0.25) is 0 Å². The minimum atomic E-state index is -0.458. The lowest BCUT2D eigenvalue weighted by atomic mass is 9.80. The molecule has 0 spiro atoms. The van der Waals surface area contributed by atoms with Gasteiger partial charge in [0, 0.05) is 22.9 Å². The van der Waals surface area contributed by atoms with Crippen molar-refractivity contribution < 1.29 is 19.1 Å². The molecule has 0 unspecified atom stereocenters. The molecule has 0 bridgehead atoms. The van der Waals surface area contributed by atoms with Gasteiger partial charge >= 0.3 is 11.9 Å². The molecule has 1 saturated carbocycles. The Kier molecular flexibility index (Phi) is 11.5. The predicted octanol–water partition coefficient (Wildman–Crippen LogP) is 7.46. The summed E-state index contributed by atoms with van der Waals surface area (Å²) in [6.07, 6.45) is 15.1. The third-order valence-corrected chi connectivity index (χ3v) is 7.79. The Morgan fingerprint density at radius 3 is 2.31 bits per heavy atom. The number of esters is 2. The van der Waals surface area contributed by atoms with Crippen molar-refractivity contribution in [2.75, 3.05) is 18.1 Å². The lowest BCUT2D eigenvalue weighted by Crippen LogP contribution is -2.27. The number of anilines is 2. The molecule has 39 heavy (non-hydrogen) atoms. The third kappa shape index (κ3) is 9.76. The number of hydrogen-bond donors (Lipinski definition) is 2. The zero-order chi connectivity index (χ0) is 28.3. The van der Waals surface area contributed by atoms with Gasteiger partial charge in [0.25, 0.3) is 0 Å². The van der Waals surface area contributed by atoms with Crippen molar-refractivity contribution in [2.45, 2.75) is 90.4 Å². The number of carbonyl (C=O) groups is 2. The van der Waals surface area contributed by atoms with Gasteiger partial charge < -0.3 is 20.9 Å². The zero-order valence-corrected chi connectivity index (χ0v) is 23.9. The molecule has 3 rings (SSSR count). The van der Waals surface area contributed by atoms with E-state index < -0.39 is 11.4 Å². The summed E-state index contributed by atoms with van der Waals surface area (Å²) in [5, 5.41) is 0. The Balaban J connectivity index is 1.40. The molecule has 4 N–H and O–H groups in total. The number of nitrogens with two attached hydrogens (primary N) is 2. The lowest BCUT2D eigenvalue weighted by Gasteiger charge is -2.27. The van der Waals surface area contributed by atoms with Crippen molar-refractivity contribution in [3.8, 4) is 5.75 Å². The first-order valence-electron chi connectivity index (χ1n) is 14.5. The average Bonchev–Trinajstić information content (AvgIpc) is 2.91. The van der Waals surface area contributed by atoms with Crippen LogP contribution in [0.5, 0.6) is 5.75 Å². The number of nitrogen functional groups attached to an aromatic ring is 2. The van der Waals surface area contributed by atoms with Gasteiger partial charge in [-0.1, -0.05) is 77.5 Å². The van der Waals surface area contributed by atoms with Crippen LogP contribution < -0.4 is 16.2 Å². The van der Waals surface area contributed by atoms with Gasteiger partial charge in [-0.25, -0.2) is 4.79 Å². The highest BCUT2D eigenvalue weighted by atomic mass is 16.5. The van der Waals surface area contributed by atoms with Crippen LogP contribution in [0.4, 0.5) is 11.4 Å². The second-order valence-electron chi connectivity index (χ2n) is 11.6. The molecular formula is C33H46N2O4. The van der Waals surface area contributed by atoms with Gasteiger partial charge in [-0.05, 0) is 73.1 Å². The Labute approximate surface area is 234 Å². The SMILES string of the molecule is CCCCCCCC1CCC(C(=O)Oc2ccc(/C=C/C(=O)OCC(C)(C)c3ccc(N)cc3N)cc2)CC1. The molecule has 1 fully saturated rings. The smallest absolute Gasteiger partial charge is 0.330 e. The van der Waals surface area contributed by atoms with E-state index in [1.165, 1.54) is 44.6 Å². The zero-order valence-electron chi connectivity index (χ0n) is 23.9. The molecule has 212 valence electrons. The van der Waals surface area contributed by atoms with E-state index in [2.05, 4.69) is 6.92 Å². The summed E-state index contributed by atoms with van der Waals surface area (Å²) < 4.78 is 11.1. The van der Waals surface area contributed by atoms with Crippen LogP contribution in [0.2, 0.25) is 0 Å². The van der Waals surface area contributed by atoms with Crippen LogP contribution in [0.15, 0.2) is 48.5 Å². The molecule has 2 aromatic rings. The number of rotatable bonds is 13. The second-order valence-corrected chi connectivity index (χ2v) is 11.6. The van der Waals surface area contributed by atoms with Crippen molar-refractivity contribution in [1.29, 1.82) is 0 Å². The molecule has 0 amide bonds. The monoisotopic (exact) mass is 534 g/mol. The fraction of sp³-hybridized carbons (Fsp3) is 0.515. The summed E-state index contributed by atoms with van der Waals surface area (Å²) in [7, 11) is 0. The molecule has 0 aliphatic heterocycles. The third-order valence-electron chi connectivity index (χ3n) is 7.79. The van der Waals surface area contributed by atoms with Crippen molar-refractivity contribution >= 4 is 29.4 Å². The molecule has 2 aromatic carbocycles. The van der Waals surface area contributed by atoms with Crippen LogP contribution in [-0.2, 0) is 19.7 Å². The molecule has 0 heterocycles. The molecule has 1 aliphatic carbocycles. The van der Waals surface area contributed by atoms with E-state index in [4.69, 9.17) is 20.9 Å². The van der Waals surface area contributed by atoms with Gasteiger partial charge in [-0.2, -0.15) is 0 Å². The highest BCUT2D eigenvalue weighted by molar-refractivity contribution is 5.87. The summed E-state index contributed by atoms with van der Waals surface area (Å²) in [5.41, 5.74) is 14.3. The predicted molar refractivity (Wildman–Crippen MR) is 159 cm³/mol. The van der Waals surface area contributed by atoms with Crippen LogP contribution in [0, 0.1) is 11.8 Å². The second kappa shape index (κ2) is 14.8. The van der Waals surface area contributed by atoms with Crippen LogP contribution in [0.3, 0.4) is 0 Å². The van der Waals surface area contributed by atoms with Gasteiger partial charge in [-0.15, -0.1) is 0 Å². The van der Waals surface area contributed by atoms with Crippen molar-refractivity contribution in [2.24, 2.45) is 11.8 Å². The Morgan fingerprint density at radius 1 is 0.949 bits per heavy atom. The first-order valence-corrected chi connectivity index (χ1v) is 14.5. The number of unbranched alkanes of at least 4 members (excludes halogenated alkanes) is 4. The Morgan fingerprint density at radius 2 is 1.64 bits per heavy atom. The minimum Gasteiger partial charge on any atom is -0.462 e. The average molecular weight is 535 g/mol. The number of hydrogen-bond acceptors (Lipinski definition) is 6. The van der Waals surface area contributed by atoms with E-state index in [-0.39, 0.29) is 18.5 Å². The highest BCUT2D eigenvalue weighted by Crippen LogP contribution is 2.33. The van der Waals surface area contributed by atoms with Crippen LogP contribution >= 0.6 is 0 Å². The largest absolute Gasteiger partial charge is 0.462 e. The Hall–Kier alpha value is -3.28. The fourth-order valence-corrected chi connectivity index (χ4v) is 5.31. The summed E-state index contributed by atoms with van der Waals surface area (Å²) in [4.78, 5) is 25.0. The summed E-state index contributed by atoms with van der Waals surface area (Å²) in [5.74, 6) is 0.705. The lowest BCUT2D eigenvalue weighted by molar-refractivity contribution is -0.140. The number of carbonyl (C=O) groups excluding carboxylic acids is 2. The molecule has 6 nitrogen and oxygen atoms in total. The number of benzene rings is 2. The van der Waals surface area contributed by atoms with Crippen LogP contribution in [0.1, 0.15) is 96.1 Å². The van der Waals surface area contributed by atoms with Gasteiger partial charge in [0.1, 0.15) is 12.4 Å². The fourth-order valence-electron chi connectivity index (χ4n) is 5.31. The molecule has 6 heteroatoms. The van der Waals surface area contributed by atoms with E-state index in [9.17, 15) is 9.59 Å². The summed E-state index contributed by atoms with van der Waals surface area (Å²) in [6.45, 7) is 6.36. The van der Waals surface area contributed by atoms with Crippen molar-refractivity contribution in [3.63, 3.8) is 0 Å². The van der Waals surface area contributed by atoms with Crippen molar-refractivity contribution in [3.05, 3.63) is 59.7 Å². The maximum atomic E-state index is 12.7. The molecule has 0 saturated heterocycles. The van der Waals surface area contributed by atoms with E-state index in [0.717, 1.165) is 42.7 Å². The molecule has 0 radical (unpaired) electrons. The van der Waals surface area contributed by atoms with Gasteiger partial charge in [0.15, 0.2) is 0 Å². The summed E-state index contributed by atoms with van der Waals surface area (Å²) in [6, 6.07) is 12.5. The van der Waals surface area contributed by atoms with Gasteiger partial charge in [-0.3, -0.25) is 4.79 Å². The highest BCUT2D eigenvalue weighted by Gasteiger charge is 2.28. The van der Waals surface area contributed by atoms with E-state index in [1.807, 2.05) is 32.0 Å². The molecule has 0 aromatic heterocycles. The maximum Gasteiger partial charge on any atom is 0.330 e. The Bertz CT molecular complexity index is 1100. The standard InChI is InChI=1S/C33H46N2O4/c1-4-5-6-7-8-9-24-10-15-26(16-11-24)32(37)39-28-18-12-25(13-19-28)14-21-31(36)38-23-33(2,3)29-20-17-27(34)22-30(29)35/h12-14,17-22,24,26H,4-11,15-16,23,34-35H2,1-3H3/b21-14+. The molecular weight excluding hydrogens is 488 g/mol. The van der Waals surface area contributed by atoms with Crippen LogP contribution in [0.25, 0.3) is 6.08 Å². The first-order chi connectivity index (χ1) is 18.7. The van der Waals surface area contributed by atoms with Crippen LogP contribution in [-0.4, -0.2) is 18.5 Å². The maximum absolute atomic E-state index is 12.7. The quantitative estimate of drug-likeness (QED) is 0.0908. The van der Waals surface area contributed by atoms with Gasteiger partial charge in [0.05, 0.1) is 5.92 Å². The summed E-state index contributed by atoms with van der Waals surface area (Å²) >= 11 is 0. The molecule has 1 aliphatic rings. The van der Waals surface area contributed by atoms with E-state index in [0.29, 0.717) is 17.1 Å². The minimum absolute atomic E-state index is 0.0106. The first kappa shape index (κ1) is 30.3.